The molecule has 0 saturated carbocycles. The summed E-state index contributed by atoms with van der Waals surface area (Å²) in [4.78, 5) is 23.1. The summed E-state index contributed by atoms with van der Waals surface area (Å²) in [6, 6.07) is 28.1. The van der Waals surface area contributed by atoms with E-state index >= 15 is 0 Å². The van der Waals surface area contributed by atoms with Gasteiger partial charge in [0, 0.05) is 40.8 Å². The van der Waals surface area contributed by atoms with Gasteiger partial charge in [0.2, 0.25) is 0 Å². The molecule has 0 aliphatic carbocycles. The minimum atomic E-state index is 0.633. The lowest BCUT2D eigenvalue weighted by molar-refractivity contribution is 1.07. The molecule has 6 heteroatoms. The minimum absolute atomic E-state index is 0.633. The van der Waals surface area contributed by atoms with Gasteiger partial charge in [0.25, 0.3) is 0 Å². The van der Waals surface area contributed by atoms with Crippen LogP contribution in [0.1, 0.15) is 0 Å². The highest BCUT2D eigenvalue weighted by molar-refractivity contribution is 5.69. The molecule has 0 radical (unpaired) electrons. The van der Waals surface area contributed by atoms with Crippen molar-refractivity contribution in [3.05, 3.63) is 110 Å². The zero-order chi connectivity index (χ0) is 22.0. The molecule has 6 aromatic rings. The SMILES string of the molecule is c1ccc(-c2nc(-c3ccccc3)nc(-c3ccc(-c4cn5ccncc5n4)cc3)n2)cc1. The molecule has 3 aromatic carbocycles. The quantitative estimate of drug-likeness (QED) is 0.368. The highest BCUT2D eigenvalue weighted by Gasteiger charge is 2.12. The van der Waals surface area contributed by atoms with Crippen molar-refractivity contribution in [2.24, 2.45) is 0 Å². The first-order valence-corrected chi connectivity index (χ1v) is 10.6. The Morgan fingerprint density at radius 3 is 1.58 bits per heavy atom. The van der Waals surface area contributed by atoms with E-state index < -0.39 is 0 Å². The van der Waals surface area contributed by atoms with Gasteiger partial charge in [-0.15, -0.1) is 0 Å². The number of imidazole rings is 1. The first-order valence-electron chi connectivity index (χ1n) is 10.6. The molecule has 0 bridgehead atoms. The molecule has 0 aliphatic rings. The van der Waals surface area contributed by atoms with E-state index in [0.29, 0.717) is 17.5 Å². The summed E-state index contributed by atoms with van der Waals surface area (Å²) in [7, 11) is 0. The van der Waals surface area contributed by atoms with Gasteiger partial charge in [-0.25, -0.2) is 19.9 Å². The molecule has 0 fully saturated rings. The lowest BCUT2D eigenvalue weighted by Gasteiger charge is -2.08. The maximum Gasteiger partial charge on any atom is 0.164 e. The van der Waals surface area contributed by atoms with E-state index in [9.17, 15) is 0 Å². The van der Waals surface area contributed by atoms with E-state index in [1.807, 2.05) is 102 Å². The van der Waals surface area contributed by atoms with Gasteiger partial charge in [-0.05, 0) is 0 Å². The van der Waals surface area contributed by atoms with Crippen LogP contribution in [0.15, 0.2) is 110 Å². The fraction of sp³-hybridized carbons (Fsp3) is 0. The van der Waals surface area contributed by atoms with E-state index in [2.05, 4.69) is 9.97 Å². The van der Waals surface area contributed by atoms with Crippen LogP contribution in [0, 0.1) is 0 Å². The Balaban J connectivity index is 1.43. The van der Waals surface area contributed by atoms with Crippen molar-refractivity contribution in [3.63, 3.8) is 0 Å². The highest BCUT2D eigenvalue weighted by Crippen LogP contribution is 2.26. The predicted octanol–water partition coefficient (Wildman–Crippen LogP) is 5.58. The summed E-state index contributed by atoms with van der Waals surface area (Å²) in [5.74, 6) is 1.93. The molecule has 6 nitrogen and oxygen atoms in total. The van der Waals surface area contributed by atoms with Gasteiger partial charge >= 0.3 is 0 Å². The molecule has 0 N–H and O–H groups in total. The predicted molar refractivity (Wildman–Crippen MR) is 128 cm³/mol. The maximum absolute atomic E-state index is 4.79. The Bertz CT molecular complexity index is 1450. The minimum Gasteiger partial charge on any atom is -0.304 e. The fourth-order valence-corrected chi connectivity index (χ4v) is 3.71. The van der Waals surface area contributed by atoms with Crippen LogP contribution in [0.2, 0.25) is 0 Å². The number of fused-ring (bicyclic) bond motifs is 1. The Morgan fingerprint density at radius 2 is 1.03 bits per heavy atom. The average Bonchev–Trinajstić information content (AvgIpc) is 3.34. The first kappa shape index (κ1) is 19.0. The van der Waals surface area contributed by atoms with Gasteiger partial charge < -0.3 is 4.40 Å². The molecule has 3 heterocycles. The summed E-state index contributed by atoms with van der Waals surface area (Å²) in [5, 5.41) is 0. The third-order valence-electron chi connectivity index (χ3n) is 5.40. The molecule has 0 saturated heterocycles. The third-order valence-corrected chi connectivity index (χ3v) is 5.40. The van der Waals surface area contributed by atoms with Crippen LogP contribution < -0.4 is 0 Å². The Hall–Kier alpha value is -4.71. The van der Waals surface area contributed by atoms with Gasteiger partial charge in [-0.2, -0.15) is 0 Å². The smallest absolute Gasteiger partial charge is 0.164 e. The Morgan fingerprint density at radius 1 is 0.515 bits per heavy atom. The van der Waals surface area contributed by atoms with Crippen molar-refractivity contribution in [2.45, 2.75) is 0 Å². The number of rotatable bonds is 4. The molecule has 0 atom stereocenters. The summed E-state index contributed by atoms with van der Waals surface area (Å²) >= 11 is 0. The second-order valence-corrected chi connectivity index (χ2v) is 7.58. The van der Waals surface area contributed by atoms with Crippen molar-refractivity contribution < 1.29 is 0 Å². The van der Waals surface area contributed by atoms with Crippen LogP contribution in [0.3, 0.4) is 0 Å². The molecule has 3 aromatic heterocycles. The summed E-state index contributed by atoms with van der Waals surface area (Å²) in [6.07, 6.45) is 7.38. The Labute approximate surface area is 190 Å². The first-order chi connectivity index (χ1) is 16.3. The summed E-state index contributed by atoms with van der Waals surface area (Å²) in [6.45, 7) is 0. The van der Waals surface area contributed by atoms with Crippen LogP contribution in [0.25, 0.3) is 51.1 Å². The molecular formula is C27H18N6. The van der Waals surface area contributed by atoms with Crippen LogP contribution in [-0.4, -0.2) is 29.3 Å². The van der Waals surface area contributed by atoms with Crippen molar-refractivity contribution in [1.82, 2.24) is 29.3 Å². The van der Waals surface area contributed by atoms with Crippen LogP contribution in [-0.2, 0) is 0 Å². The van der Waals surface area contributed by atoms with Gasteiger partial charge in [-0.3, -0.25) is 4.98 Å². The van der Waals surface area contributed by atoms with Crippen LogP contribution >= 0.6 is 0 Å². The van der Waals surface area contributed by atoms with E-state index in [1.165, 1.54) is 0 Å². The average molecular weight is 426 g/mol. The standard InChI is InChI=1S/C27H18N6/c1-3-7-20(8-4-1)25-30-26(21-9-5-2-6-10-21)32-27(31-25)22-13-11-19(12-14-22)23-18-33-16-15-28-17-24(33)29-23/h1-18H. The monoisotopic (exact) mass is 426 g/mol. The molecular weight excluding hydrogens is 408 g/mol. The topological polar surface area (TPSA) is 68.9 Å². The van der Waals surface area contributed by atoms with Gasteiger partial charge in [-0.1, -0.05) is 84.9 Å². The molecule has 33 heavy (non-hydrogen) atoms. The molecule has 0 amide bonds. The van der Waals surface area contributed by atoms with Gasteiger partial charge in [0.1, 0.15) is 0 Å². The summed E-state index contributed by atoms with van der Waals surface area (Å²) in [5.41, 5.74) is 5.54. The number of hydrogen-bond donors (Lipinski definition) is 0. The summed E-state index contributed by atoms with van der Waals surface area (Å²) < 4.78 is 1.96. The fourth-order valence-electron chi connectivity index (χ4n) is 3.71. The second kappa shape index (κ2) is 8.09. The molecule has 0 unspecified atom stereocenters. The van der Waals surface area contributed by atoms with Gasteiger partial charge in [0.15, 0.2) is 23.1 Å². The van der Waals surface area contributed by atoms with Crippen molar-refractivity contribution >= 4 is 5.65 Å². The number of benzene rings is 3. The third kappa shape index (κ3) is 3.74. The number of aromatic nitrogens is 6. The largest absolute Gasteiger partial charge is 0.304 e. The zero-order valence-corrected chi connectivity index (χ0v) is 17.6. The molecule has 156 valence electrons. The maximum atomic E-state index is 4.79. The number of hydrogen-bond acceptors (Lipinski definition) is 5. The van der Waals surface area contributed by atoms with Gasteiger partial charge in [0.05, 0.1) is 11.9 Å². The highest BCUT2D eigenvalue weighted by atomic mass is 15.0. The lowest BCUT2D eigenvalue weighted by atomic mass is 10.1. The molecule has 0 spiro atoms. The zero-order valence-electron chi connectivity index (χ0n) is 17.6. The van der Waals surface area contributed by atoms with E-state index in [1.54, 1.807) is 12.4 Å². The van der Waals surface area contributed by atoms with Crippen LogP contribution in [0.5, 0.6) is 0 Å². The van der Waals surface area contributed by atoms with Crippen molar-refractivity contribution in [1.29, 1.82) is 0 Å². The Kier molecular flexibility index (Phi) is 4.66. The normalized spacial score (nSPS) is 11.0. The van der Waals surface area contributed by atoms with Crippen LogP contribution in [0.4, 0.5) is 0 Å². The second-order valence-electron chi connectivity index (χ2n) is 7.58. The van der Waals surface area contributed by atoms with Crippen molar-refractivity contribution in [3.8, 4) is 45.4 Å². The van der Waals surface area contributed by atoms with E-state index in [-0.39, 0.29) is 0 Å². The van der Waals surface area contributed by atoms with E-state index in [0.717, 1.165) is 33.6 Å². The van der Waals surface area contributed by atoms with Crippen molar-refractivity contribution in [2.75, 3.05) is 0 Å². The lowest BCUT2D eigenvalue weighted by Crippen LogP contribution is -2.00. The van der Waals surface area contributed by atoms with E-state index in [4.69, 9.17) is 15.0 Å². The molecule has 0 aliphatic heterocycles. The molecule has 6 rings (SSSR count). The number of nitrogens with zero attached hydrogens (tertiary/aromatic N) is 6.